The molecule has 2 heterocycles. The number of hydrogen-bond acceptors (Lipinski definition) is 5. The molecule has 2 unspecified atom stereocenters. The van der Waals surface area contributed by atoms with E-state index in [0.29, 0.717) is 11.0 Å². The summed E-state index contributed by atoms with van der Waals surface area (Å²) in [5.41, 5.74) is 4.33. The average Bonchev–Trinajstić information content (AvgIpc) is 3.27. The van der Waals surface area contributed by atoms with Gasteiger partial charge >= 0.3 is 0 Å². The minimum atomic E-state index is -0.181. The van der Waals surface area contributed by atoms with Crippen molar-refractivity contribution in [2.75, 3.05) is 17.7 Å². The van der Waals surface area contributed by atoms with Gasteiger partial charge in [-0.1, -0.05) is 65.7 Å². The third kappa shape index (κ3) is 5.15. The van der Waals surface area contributed by atoms with Gasteiger partial charge in [0, 0.05) is 5.02 Å². The first-order chi connectivity index (χ1) is 17.0. The Morgan fingerprint density at radius 3 is 2.43 bits per heavy atom. The van der Waals surface area contributed by atoms with E-state index in [-0.39, 0.29) is 30.4 Å². The Kier molecular flexibility index (Phi) is 6.42. The maximum absolute atomic E-state index is 12.7. The Hall–Kier alpha value is -3.84. The predicted molar refractivity (Wildman–Crippen MR) is 137 cm³/mol. The number of anilines is 2. The number of rotatable bonds is 6. The summed E-state index contributed by atoms with van der Waals surface area (Å²) >= 11 is 6.10. The average molecular weight is 488 g/mol. The molecule has 8 heteroatoms. The topological polar surface area (TPSA) is 81.1 Å². The van der Waals surface area contributed by atoms with E-state index < -0.39 is 0 Å². The highest BCUT2D eigenvalue weighted by Crippen LogP contribution is 2.38. The zero-order chi connectivity index (χ0) is 24.4. The summed E-state index contributed by atoms with van der Waals surface area (Å²) in [5.74, 6) is 1.46. The Bertz CT molecular complexity index is 1320. The van der Waals surface area contributed by atoms with Crippen LogP contribution in [0.2, 0.25) is 5.02 Å². The number of ether oxygens (including phenoxy) is 1. The van der Waals surface area contributed by atoms with Crippen molar-refractivity contribution < 1.29 is 9.53 Å². The van der Waals surface area contributed by atoms with Crippen LogP contribution in [0.4, 0.5) is 11.9 Å². The van der Waals surface area contributed by atoms with Crippen LogP contribution in [0, 0.1) is 6.92 Å². The van der Waals surface area contributed by atoms with Gasteiger partial charge in [0.05, 0.1) is 25.6 Å². The second-order valence-electron chi connectivity index (χ2n) is 8.69. The first kappa shape index (κ1) is 22.9. The SMILES string of the molecule is COc1ccc(CC(=O)Nc2nc3n(n2)C(c2ccc(C)cc2)CC(c2ccc(Cl)cc2)N3)cc1. The van der Waals surface area contributed by atoms with E-state index >= 15 is 0 Å². The van der Waals surface area contributed by atoms with Crippen LogP contribution in [0.5, 0.6) is 5.75 Å². The largest absolute Gasteiger partial charge is 0.497 e. The summed E-state index contributed by atoms with van der Waals surface area (Å²) in [6, 6.07) is 23.7. The molecular formula is C27H26ClN5O2. The lowest BCUT2D eigenvalue weighted by Crippen LogP contribution is -2.28. The molecule has 0 fully saturated rings. The Morgan fingerprint density at radius 2 is 1.74 bits per heavy atom. The lowest BCUT2D eigenvalue weighted by atomic mass is 9.93. The van der Waals surface area contributed by atoms with Crippen LogP contribution in [0.15, 0.2) is 72.8 Å². The molecule has 0 spiro atoms. The molecule has 2 atom stereocenters. The van der Waals surface area contributed by atoms with Gasteiger partial charge in [-0.05, 0) is 54.3 Å². The number of aromatic nitrogens is 3. The number of carbonyl (C=O) groups is 1. The molecule has 1 aliphatic heterocycles. The number of nitrogens with one attached hydrogen (secondary N) is 2. The van der Waals surface area contributed by atoms with Crippen molar-refractivity contribution in [1.29, 1.82) is 0 Å². The smallest absolute Gasteiger partial charge is 0.250 e. The number of carbonyl (C=O) groups excluding carboxylic acids is 1. The van der Waals surface area contributed by atoms with E-state index in [1.54, 1.807) is 7.11 Å². The normalized spacial score (nSPS) is 16.8. The third-order valence-electron chi connectivity index (χ3n) is 6.20. The fourth-order valence-electron chi connectivity index (χ4n) is 4.31. The van der Waals surface area contributed by atoms with E-state index in [9.17, 15) is 4.79 Å². The van der Waals surface area contributed by atoms with Gasteiger partial charge in [0.1, 0.15) is 5.75 Å². The number of nitrogens with zero attached hydrogens (tertiary/aromatic N) is 3. The number of halogens is 1. The van der Waals surface area contributed by atoms with Crippen LogP contribution < -0.4 is 15.4 Å². The van der Waals surface area contributed by atoms with Crippen molar-refractivity contribution in [3.8, 4) is 5.75 Å². The van der Waals surface area contributed by atoms with E-state index in [1.807, 2.05) is 53.2 Å². The molecule has 0 saturated carbocycles. The molecule has 0 bridgehead atoms. The van der Waals surface area contributed by atoms with Gasteiger partial charge in [0.2, 0.25) is 11.9 Å². The van der Waals surface area contributed by atoms with Gasteiger partial charge in [-0.15, -0.1) is 5.10 Å². The Labute approximate surface area is 209 Å². The Morgan fingerprint density at radius 1 is 1.06 bits per heavy atom. The zero-order valence-electron chi connectivity index (χ0n) is 19.5. The standard InChI is InChI=1S/C27H26ClN5O2/c1-17-3-7-20(8-4-17)24-16-23(19-9-11-21(28)12-10-19)29-27-31-26(32-33(24)27)30-25(34)15-18-5-13-22(35-2)14-6-18/h3-14,23-24H,15-16H2,1-2H3,(H2,29,30,31,32,34). The summed E-state index contributed by atoms with van der Waals surface area (Å²) in [6.45, 7) is 2.07. The van der Waals surface area contributed by atoms with Crippen LogP contribution >= 0.6 is 11.6 Å². The summed E-state index contributed by atoms with van der Waals surface area (Å²) < 4.78 is 7.04. The van der Waals surface area contributed by atoms with Crippen molar-refractivity contribution in [1.82, 2.24) is 14.8 Å². The maximum atomic E-state index is 12.7. The highest BCUT2D eigenvalue weighted by atomic mass is 35.5. The second-order valence-corrected chi connectivity index (χ2v) is 9.12. The van der Waals surface area contributed by atoms with Crippen molar-refractivity contribution in [2.24, 2.45) is 0 Å². The minimum absolute atomic E-state index is 0.0260. The third-order valence-corrected chi connectivity index (χ3v) is 6.45. The number of aryl methyl sites for hydroxylation is 1. The lowest BCUT2D eigenvalue weighted by molar-refractivity contribution is -0.115. The quantitative estimate of drug-likeness (QED) is 0.371. The summed E-state index contributed by atoms with van der Waals surface area (Å²) in [5, 5.41) is 11.7. The molecule has 0 radical (unpaired) electrons. The number of hydrogen-bond donors (Lipinski definition) is 2. The molecule has 7 nitrogen and oxygen atoms in total. The summed E-state index contributed by atoms with van der Waals surface area (Å²) in [4.78, 5) is 17.3. The molecule has 35 heavy (non-hydrogen) atoms. The fraction of sp³-hybridized carbons (Fsp3) is 0.222. The molecule has 3 aromatic carbocycles. The van der Waals surface area contributed by atoms with Crippen molar-refractivity contribution in [3.63, 3.8) is 0 Å². The zero-order valence-corrected chi connectivity index (χ0v) is 20.3. The van der Waals surface area contributed by atoms with Gasteiger partial charge in [-0.2, -0.15) is 4.98 Å². The first-order valence-corrected chi connectivity index (χ1v) is 11.8. The fourth-order valence-corrected chi connectivity index (χ4v) is 4.43. The van der Waals surface area contributed by atoms with Crippen molar-refractivity contribution >= 4 is 29.4 Å². The monoisotopic (exact) mass is 487 g/mol. The molecule has 0 saturated heterocycles. The van der Waals surface area contributed by atoms with E-state index in [1.165, 1.54) is 5.56 Å². The highest BCUT2D eigenvalue weighted by Gasteiger charge is 2.31. The maximum Gasteiger partial charge on any atom is 0.250 e. The first-order valence-electron chi connectivity index (χ1n) is 11.5. The van der Waals surface area contributed by atoms with Crippen LogP contribution in [0.3, 0.4) is 0 Å². The van der Waals surface area contributed by atoms with Gasteiger partial charge in [0.15, 0.2) is 0 Å². The predicted octanol–water partition coefficient (Wildman–Crippen LogP) is 5.58. The minimum Gasteiger partial charge on any atom is -0.497 e. The van der Waals surface area contributed by atoms with Crippen LogP contribution in [0.25, 0.3) is 0 Å². The molecule has 1 aliphatic rings. The van der Waals surface area contributed by atoms with E-state index in [0.717, 1.165) is 28.9 Å². The van der Waals surface area contributed by atoms with Crippen molar-refractivity contribution in [3.05, 3.63) is 100 Å². The van der Waals surface area contributed by atoms with Gasteiger partial charge in [-0.3, -0.25) is 10.1 Å². The highest BCUT2D eigenvalue weighted by molar-refractivity contribution is 6.30. The Balaban J connectivity index is 1.40. The van der Waals surface area contributed by atoms with Crippen LogP contribution in [0.1, 0.15) is 40.8 Å². The molecule has 5 rings (SSSR count). The second kappa shape index (κ2) is 9.80. The van der Waals surface area contributed by atoms with E-state index in [2.05, 4.69) is 51.9 Å². The van der Waals surface area contributed by atoms with Gasteiger partial charge in [0.25, 0.3) is 5.95 Å². The number of amides is 1. The van der Waals surface area contributed by atoms with Gasteiger partial charge < -0.3 is 10.1 Å². The van der Waals surface area contributed by atoms with Crippen molar-refractivity contribution in [2.45, 2.75) is 31.8 Å². The molecule has 0 aliphatic carbocycles. The van der Waals surface area contributed by atoms with Crippen LogP contribution in [-0.4, -0.2) is 27.8 Å². The molecule has 2 N–H and O–H groups in total. The lowest BCUT2D eigenvalue weighted by Gasteiger charge is -2.31. The summed E-state index contributed by atoms with van der Waals surface area (Å²) in [6.07, 6.45) is 0.996. The molecule has 4 aromatic rings. The van der Waals surface area contributed by atoms with Crippen LogP contribution in [-0.2, 0) is 11.2 Å². The number of benzene rings is 3. The number of fused-ring (bicyclic) bond motifs is 1. The summed E-state index contributed by atoms with van der Waals surface area (Å²) in [7, 11) is 1.61. The molecular weight excluding hydrogens is 462 g/mol. The molecule has 1 aromatic heterocycles. The molecule has 1 amide bonds. The molecule has 178 valence electrons. The van der Waals surface area contributed by atoms with E-state index in [4.69, 9.17) is 16.3 Å². The van der Waals surface area contributed by atoms with Gasteiger partial charge in [-0.25, -0.2) is 4.68 Å². The number of methoxy groups -OCH3 is 1.